The predicted octanol–water partition coefficient (Wildman–Crippen LogP) is 4.24. The topological polar surface area (TPSA) is 55.2 Å². The molecule has 0 saturated heterocycles. The molecule has 4 nitrogen and oxygen atoms in total. The smallest absolute Gasteiger partial charge is 0.294 e. The van der Waals surface area contributed by atoms with Gasteiger partial charge in [0, 0.05) is 11.8 Å². The summed E-state index contributed by atoms with van der Waals surface area (Å²) in [5, 5.41) is 13.7. The summed E-state index contributed by atoms with van der Waals surface area (Å²) in [6.07, 6.45) is 0. The average molecular weight is 311 g/mol. The van der Waals surface area contributed by atoms with Gasteiger partial charge in [0.25, 0.3) is 5.69 Å². The van der Waals surface area contributed by atoms with Crippen molar-refractivity contribution >= 4 is 33.0 Å². The molecule has 1 N–H and O–H groups in total. The molecule has 2 aromatic carbocycles. The molecular weight excluding hydrogens is 303 g/mol. The minimum absolute atomic E-state index is 0.0422. The van der Waals surface area contributed by atoms with Crippen molar-refractivity contribution in [2.45, 2.75) is 0 Å². The van der Waals surface area contributed by atoms with E-state index < -0.39 is 10.7 Å². The number of anilines is 2. The van der Waals surface area contributed by atoms with Crippen molar-refractivity contribution in [1.29, 1.82) is 0 Å². The van der Waals surface area contributed by atoms with Crippen LogP contribution in [0.5, 0.6) is 0 Å². The number of hydrogen-bond donors (Lipinski definition) is 1. The molecule has 6 heteroatoms. The molecule has 18 heavy (non-hydrogen) atoms. The Morgan fingerprint density at radius 3 is 2.44 bits per heavy atom. The van der Waals surface area contributed by atoms with Crippen LogP contribution in [0.1, 0.15) is 0 Å². The van der Waals surface area contributed by atoms with E-state index in [0.717, 1.165) is 12.1 Å². The number of nitrogens with one attached hydrogen (secondary N) is 1. The lowest BCUT2D eigenvalue weighted by Crippen LogP contribution is -1.99. The summed E-state index contributed by atoms with van der Waals surface area (Å²) in [6, 6.07) is 11.0. The molecule has 0 aromatic heterocycles. The molecule has 2 rings (SSSR count). The van der Waals surface area contributed by atoms with Crippen LogP contribution in [0.2, 0.25) is 0 Å². The van der Waals surface area contributed by atoms with E-state index in [1.165, 1.54) is 0 Å². The van der Waals surface area contributed by atoms with Crippen LogP contribution in [0.25, 0.3) is 0 Å². The first kappa shape index (κ1) is 12.5. The maximum Gasteiger partial charge on any atom is 0.294 e. The Morgan fingerprint density at radius 2 is 1.83 bits per heavy atom. The van der Waals surface area contributed by atoms with Gasteiger partial charge in [-0.15, -0.1) is 0 Å². The molecule has 0 aliphatic rings. The van der Waals surface area contributed by atoms with Gasteiger partial charge in [-0.3, -0.25) is 10.1 Å². The quantitative estimate of drug-likeness (QED) is 0.681. The third-order valence-electron chi connectivity index (χ3n) is 2.31. The van der Waals surface area contributed by atoms with Gasteiger partial charge in [0.05, 0.1) is 9.40 Å². The first-order valence-corrected chi connectivity index (χ1v) is 5.83. The highest BCUT2D eigenvalue weighted by atomic mass is 79.9. The Hall–Kier alpha value is -1.95. The second-order valence-electron chi connectivity index (χ2n) is 3.50. The highest BCUT2D eigenvalue weighted by molar-refractivity contribution is 9.10. The summed E-state index contributed by atoms with van der Waals surface area (Å²) >= 11 is 3.01. The first-order valence-electron chi connectivity index (χ1n) is 5.04. The first-order chi connectivity index (χ1) is 8.59. The third kappa shape index (κ3) is 2.48. The Balaban J connectivity index is 2.48. The fourth-order valence-electron chi connectivity index (χ4n) is 1.48. The molecule has 0 radical (unpaired) electrons. The molecule has 0 atom stereocenters. The lowest BCUT2D eigenvalue weighted by molar-refractivity contribution is -0.384. The maximum atomic E-state index is 13.4. The number of halogens is 2. The number of nitro groups is 1. The molecule has 0 aliphatic heterocycles. The predicted molar refractivity (Wildman–Crippen MR) is 70.5 cm³/mol. The molecule has 0 amide bonds. The van der Waals surface area contributed by atoms with E-state index in [1.807, 2.05) is 6.07 Å². The van der Waals surface area contributed by atoms with Crippen molar-refractivity contribution in [2.24, 2.45) is 0 Å². The lowest BCUT2D eigenvalue weighted by atomic mass is 10.2. The summed E-state index contributed by atoms with van der Waals surface area (Å²) in [4.78, 5) is 10.3. The van der Waals surface area contributed by atoms with Crippen molar-refractivity contribution in [3.05, 3.63) is 62.9 Å². The van der Waals surface area contributed by atoms with Gasteiger partial charge >= 0.3 is 0 Å². The Morgan fingerprint density at radius 1 is 1.17 bits per heavy atom. The highest BCUT2D eigenvalue weighted by Crippen LogP contribution is 2.36. The summed E-state index contributed by atoms with van der Waals surface area (Å²) in [7, 11) is 0. The van der Waals surface area contributed by atoms with Gasteiger partial charge in [0.2, 0.25) is 0 Å². The van der Waals surface area contributed by atoms with E-state index >= 15 is 0 Å². The van der Waals surface area contributed by atoms with Crippen LogP contribution in [0.4, 0.5) is 21.5 Å². The second kappa shape index (κ2) is 5.14. The number of benzene rings is 2. The number of para-hydroxylation sites is 1. The monoisotopic (exact) mass is 310 g/mol. The Bertz CT molecular complexity index is 590. The van der Waals surface area contributed by atoms with Crippen LogP contribution < -0.4 is 5.32 Å². The zero-order valence-corrected chi connectivity index (χ0v) is 10.6. The molecule has 0 unspecified atom stereocenters. The number of nitrogens with zero attached hydrogens (tertiary/aromatic N) is 1. The van der Waals surface area contributed by atoms with Crippen molar-refractivity contribution in [2.75, 3.05) is 5.32 Å². The third-order valence-corrected chi connectivity index (χ3v) is 3.09. The van der Waals surface area contributed by atoms with Crippen molar-refractivity contribution < 1.29 is 9.31 Å². The van der Waals surface area contributed by atoms with E-state index in [2.05, 4.69) is 21.2 Å². The SMILES string of the molecule is O=[N+]([O-])c1ccc(F)c(Br)c1Nc1ccccc1. The number of nitro benzene ring substituents is 1. The van der Waals surface area contributed by atoms with E-state index in [9.17, 15) is 14.5 Å². The van der Waals surface area contributed by atoms with E-state index in [4.69, 9.17) is 0 Å². The fraction of sp³-hybridized carbons (Fsp3) is 0. The Labute approximate surface area is 111 Å². The van der Waals surface area contributed by atoms with E-state index in [-0.39, 0.29) is 15.8 Å². The van der Waals surface area contributed by atoms with Crippen LogP contribution in [0.15, 0.2) is 46.9 Å². The lowest BCUT2D eigenvalue weighted by Gasteiger charge is -2.09. The number of hydrogen-bond acceptors (Lipinski definition) is 3. The van der Waals surface area contributed by atoms with Gasteiger partial charge in [-0.25, -0.2) is 4.39 Å². The van der Waals surface area contributed by atoms with Gasteiger partial charge in [-0.05, 0) is 34.1 Å². The largest absolute Gasteiger partial charge is 0.349 e. The second-order valence-corrected chi connectivity index (χ2v) is 4.30. The molecule has 0 aliphatic carbocycles. The summed E-state index contributed by atoms with van der Waals surface area (Å²) < 4.78 is 13.5. The van der Waals surface area contributed by atoms with Gasteiger partial charge in [0.1, 0.15) is 11.5 Å². The van der Waals surface area contributed by atoms with Crippen LogP contribution in [0.3, 0.4) is 0 Å². The molecule has 0 saturated carbocycles. The standard InChI is InChI=1S/C12H8BrFN2O2/c13-11-9(14)6-7-10(16(17)18)12(11)15-8-4-2-1-3-5-8/h1-7,15H. The van der Waals surface area contributed by atoms with Gasteiger partial charge < -0.3 is 5.32 Å². The molecule has 2 aromatic rings. The van der Waals surface area contributed by atoms with E-state index in [0.29, 0.717) is 5.69 Å². The Kier molecular flexibility index (Phi) is 3.57. The average Bonchev–Trinajstić information content (AvgIpc) is 2.36. The molecule has 0 spiro atoms. The van der Waals surface area contributed by atoms with Crippen molar-refractivity contribution in [1.82, 2.24) is 0 Å². The van der Waals surface area contributed by atoms with Gasteiger partial charge in [-0.1, -0.05) is 18.2 Å². The zero-order chi connectivity index (χ0) is 13.1. The highest BCUT2D eigenvalue weighted by Gasteiger charge is 2.19. The van der Waals surface area contributed by atoms with Crippen molar-refractivity contribution in [3.63, 3.8) is 0 Å². The maximum absolute atomic E-state index is 13.4. The van der Waals surface area contributed by atoms with Gasteiger partial charge in [-0.2, -0.15) is 0 Å². The van der Waals surface area contributed by atoms with Crippen LogP contribution >= 0.6 is 15.9 Å². The van der Waals surface area contributed by atoms with Crippen LogP contribution in [-0.2, 0) is 0 Å². The van der Waals surface area contributed by atoms with Gasteiger partial charge in [0.15, 0.2) is 0 Å². The summed E-state index contributed by atoms with van der Waals surface area (Å²) in [5.74, 6) is -0.556. The normalized spacial score (nSPS) is 10.1. The molecule has 0 fully saturated rings. The molecular formula is C12H8BrFN2O2. The molecule has 0 heterocycles. The summed E-state index contributed by atoms with van der Waals surface area (Å²) in [6.45, 7) is 0. The molecule has 0 bridgehead atoms. The number of rotatable bonds is 3. The summed E-state index contributed by atoms with van der Waals surface area (Å²) in [5.41, 5.74) is 0.560. The minimum Gasteiger partial charge on any atom is -0.349 e. The fourth-order valence-corrected chi connectivity index (χ4v) is 1.91. The minimum atomic E-state index is -0.560. The van der Waals surface area contributed by atoms with Crippen LogP contribution in [-0.4, -0.2) is 4.92 Å². The van der Waals surface area contributed by atoms with Crippen molar-refractivity contribution in [3.8, 4) is 0 Å². The van der Waals surface area contributed by atoms with Crippen LogP contribution in [0, 0.1) is 15.9 Å². The molecule has 92 valence electrons. The zero-order valence-electron chi connectivity index (χ0n) is 9.06. The van der Waals surface area contributed by atoms with E-state index in [1.54, 1.807) is 24.3 Å².